The van der Waals surface area contributed by atoms with Crippen LogP contribution in [0.3, 0.4) is 0 Å². The van der Waals surface area contributed by atoms with Crippen molar-refractivity contribution in [3.05, 3.63) is 50.9 Å². The quantitative estimate of drug-likeness (QED) is 0.905. The number of thiophene rings is 1. The smallest absolute Gasteiger partial charge is 0.306 e. The van der Waals surface area contributed by atoms with Crippen molar-refractivity contribution in [3.8, 4) is 0 Å². The van der Waals surface area contributed by atoms with E-state index in [9.17, 15) is 9.90 Å². The summed E-state index contributed by atoms with van der Waals surface area (Å²) in [6.45, 7) is 3.58. The third-order valence-electron chi connectivity index (χ3n) is 4.42. The molecule has 1 fully saturated rings. The second-order valence-electron chi connectivity index (χ2n) is 5.90. The van der Waals surface area contributed by atoms with Gasteiger partial charge in [-0.1, -0.05) is 17.7 Å². The number of carbonyl (C=O) groups is 1. The lowest BCUT2D eigenvalue weighted by atomic mass is 9.94. The second kappa shape index (κ2) is 6.99. The summed E-state index contributed by atoms with van der Waals surface area (Å²) in [4.78, 5) is 19.3. The third kappa shape index (κ3) is 3.57. The molecule has 122 valence electrons. The molecule has 1 aliphatic rings. The van der Waals surface area contributed by atoms with Gasteiger partial charge in [-0.05, 0) is 56.6 Å². The molecule has 2 aromatic rings. The Labute approximate surface area is 144 Å². The Balaban J connectivity index is 1.91. The van der Waals surface area contributed by atoms with E-state index in [0.717, 1.165) is 33.6 Å². The van der Waals surface area contributed by atoms with Crippen LogP contribution in [-0.4, -0.2) is 34.0 Å². The highest BCUT2D eigenvalue weighted by Gasteiger charge is 2.32. The first-order valence-electron chi connectivity index (χ1n) is 7.70. The van der Waals surface area contributed by atoms with E-state index < -0.39 is 5.97 Å². The Morgan fingerprint density at radius 3 is 2.70 bits per heavy atom. The molecule has 4 nitrogen and oxygen atoms in total. The van der Waals surface area contributed by atoms with Gasteiger partial charge in [-0.15, -0.1) is 11.3 Å². The first-order chi connectivity index (χ1) is 11.1. The molecule has 0 bridgehead atoms. The molecule has 1 N–H and O–H groups in total. The molecule has 6 heteroatoms. The Bertz CT molecular complexity index is 695. The largest absolute Gasteiger partial charge is 0.481 e. The van der Waals surface area contributed by atoms with Crippen molar-refractivity contribution in [2.45, 2.75) is 25.8 Å². The number of likely N-dealkylation sites (tertiary alicyclic amines) is 1. The van der Waals surface area contributed by atoms with Crippen molar-refractivity contribution >= 4 is 28.9 Å². The van der Waals surface area contributed by atoms with Crippen LogP contribution in [0.5, 0.6) is 0 Å². The molecule has 1 aliphatic heterocycles. The van der Waals surface area contributed by atoms with Crippen LogP contribution in [-0.2, 0) is 4.79 Å². The number of aromatic nitrogens is 1. The van der Waals surface area contributed by atoms with Crippen LogP contribution in [0.15, 0.2) is 30.5 Å². The van der Waals surface area contributed by atoms with E-state index in [1.807, 2.05) is 18.3 Å². The summed E-state index contributed by atoms with van der Waals surface area (Å²) in [5.74, 6) is -0.918. The lowest BCUT2D eigenvalue weighted by Crippen LogP contribution is -2.39. The van der Waals surface area contributed by atoms with Crippen molar-refractivity contribution in [1.29, 1.82) is 0 Å². The van der Waals surface area contributed by atoms with E-state index in [1.165, 1.54) is 0 Å². The molecule has 0 aliphatic carbocycles. The first kappa shape index (κ1) is 16.4. The van der Waals surface area contributed by atoms with Gasteiger partial charge in [-0.3, -0.25) is 14.7 Å². The van der Waals surface area contributed by atoms with Crippen LogP contribution >= 0.6 is 22.9 Å². The van der Waals surface area contributed by atoms with Crippen molar-refractivity contribution in [1.82, 2.24) is 9.88 Å². The number of aryl methyl sites for hydroxylation is 1. The Kier molecular flexibility index (Phi) is 4.99. The summed E-state index contributed by atoms with van der Waals surface area (Å²) >= 11 is 7.70. The number of hydrogen-bond acceptors (Lipinski definition) is 4. The lowest BCUT2D eigenvalue weighted by Gasteiger charge is -2.36. The molecule has 3 heterocycles. The minimum absolute atomic E-state index is 0.0449. The summed E-state index contributed by atoms with van der Waals surface area (Å²) in [6, 6.07) is 8.01. The van der Waals surface area contributed by atoms with Gasteiger partial charge in [-0.25, -0.2) is 0 Å². The first-order valence-corrected chi connectivity index (χ1v) is 8.89. The summed E-state index contributed by atoms with van der Waals surface area (Å²) in [6.07, 6.45) is 3.17. The van der Waals surface area contributed by atoms with Crippen molar-refractivity contribution < 1.29 is 9.90 Å². The fourth-order valence-electron chi connectivity index (χ4n) is 3.15. The average Bonchev–Trinajstić information content (AvgIpc) is 2.96. The Morgan fingerprint density at radius 1 is 1.39 bits per heavy atom. The van der Waals surface area contributed by atoms with E-state index in [1.54, 1.807) is 11.3 Å². The number of hydrogen-bond donors (Lipinski definition) is 1. The predicted octanol–water partition coefficient (Wildman–Crippen LogP) is 3.99. The predicted molar refractivity (Wildman–Crippen MR) is 92.1 cm³/mol. The molecular weight excluding hydrogens is 332 g/mol. The fraction of sp³-hybridized carbons (Fsp3) is 0.412. The van der Waals surface area contributed by atoms with Gasteiger partial charge in [0.1, 0.15) is 0 Å². The van der Waals surface area contributed by atoms with Gasteiger partial charge >= 0.3 is 5.97 Å². The molecule has 23 heavy (non-hydrogen) atoms. The average molecular weight is 351 g/mol. The molecule has 0 radical (unpaired) electrons. The molecule has 0 saturated carbocycles. The minimum atomic E-state index is -0.686. The highest BCUT2D eigenvalue weighted by atomic mass is 35.5. The number of carboxylic acid groups (broad SMARTS) is 1. The van der Waals surface area contributed by atoms with Crippen molar-refractivity contribution in [3.63, 3.8) is 0 Å². The zero-order chi connectivity index (χ0) is 16.4. The maximum absolute atomic E-state index is 11.2. The van der Waals surface area contributed by atoms with E-state index in [4.69, 9.17) is 11.6 Å². The molecule has 1 unspecified atom stereocenters. The summed E-state index contributed by atoms with van der Waals surface area (Å²) in [5.41, 5.74) is 2.17. The minimum Gasteiger partial charge on any atom is -0.481 e. The van der Waals surface area contributed by atoms with Crippen LogP contribution in [0.2, 0.25) is 4.34 Å². The van der Waals surface area contributed by atoms with E-state index >= 15 is 0 Å². The van der Waals surface area contributed by atoms with E-state index in [0.29, 0.717) is 12.8 Å². The van der Waals surface area contributed by atoms with Gasteiger partial charge in [-0.2, -0.15) is 0 Å². The van der Waals surface area contributed by atoms with Crippen LogP contribution in [0, 0.1) is 12.8 Å². The molecule has 0 spiro atoms. The van der Waals surface area contributed by atoms with E-state index in [2.05, 4.69) is 28.9 Å². The Morgan fingerprint density at radius 2 is 2.13 bits per heavy atom. The molecule has 2 aromatic heterocycles. The number of rotatable bonds is 4. The maximum atomic E-state index is 11.2. The SMILES string of the molecule is Cc1cccnc1C(c1ccc(Cl)s1)N1CCC(C(=O)O)CC1. The molecule has 3 rings (SSSR count). The highest BCUT2D eigenvalue weighted by molar-refractivity contribution is 7.16. The lowest BCUT2D eigenvalue weighted by molar-refractivity contribution is -0.143. The second-order valence-corrected chi connectivity index (χ2v) is 7.65. The van der Waals surface area contributed by atoms with Crippen LogP contribution in [0.25, 0.3) is 0 Å². The van der Waals surface area contributed by atoms with Gasteiger partial charge in [0, 0.05) is 11.1 Å². The highest BCUT2D eigenvalue weighted by Crippen LogP contribution is 2.37. The van der Waals surface area contributed by atoms with E-state index in [-0.39, 0.29) is 12.0 Å². The zero-order valence-electron chi connectivity index (χ0n) is 12.9. The van der Waals surface area contributed by atoms with Gasteiger partial charge in [0.05, 0.1) is 22.0 Å². The number of halogens is 1. The summed E-state index contributed by atoms with van der Waals surface area (Å²) in [7, 11) is 0. The topological polar surface area (TPSA) is 53.4 Å². The monoisotopic (exact) mass is 350 g/mol. The van der Waals surface area contributed by atoms with Gasteiger partial charge < -0.3 is 5.11 Å². The Hall–Kier alpha value is -1.43. The third-order valence-corrected chi connectivity index (χ3v) is 5.70. The molecule has 1 saturated heterocycles. The standard InChI is InChI=1S/C17H19ClN2O2S/c1-11-3-2-8-19-15(11)16(13-4-5-14(18)23-13)20-9-6-12(7-10-20)17(21)22/h2-5,8,12,16H,6-7,9-10H2,1H3,(H,21,22). The zero-order valence-corrected chi connectivity index (χ0v) is 14.5. The normalized spacial score (nSPS) is 18.0. The van der Waals surface area contributed by atoms with Crippen molar-refractivity contribution in [2.75, 3.05) is 13.1 Å². The van der Waals surface area contributed by atoms with Gasteiger partial charge in [0.2, 0.25) is 0 Å². The number of piperidine rings is 1. The van der Waals surface area contributed by atoms with Gasteiger partial charge in [0.25, 0.3) is 0 Å². The number of aliphatic carboxylic acids is 1. The number of nitrogens with zero attached hydrogens (tertiary/aromatic N) is 2. The van der Waals surface area contributed by atoms with Crippen LogP contribution in [0.1, 0.15) is 35.0 Å². The van der Waals surface area contributed by atoms with Crippen LogP contribution < -0.4 is 0 Å². The molecule has 0 amide bonds. The molecule has 1 atom stereocenters. The fourth-order valence-corrected chi connectivity index (χ4v) is 4.35. The van der Waals surface area contributed by atoms with Gasteiger partial charge in [0.15, 0.2) is 0 Å². The summed E-state index contributed by atoms with van der Waals surface area (Å²) in [5, 5.41) is 9.20. The van der Waals surface area contributed by atoms with Crippen molar-refractivity contribution in [2.24, 2.45) is 5.92 Å². The number of pyridine rings is 1. The number of carboxylic acids is 1. The molecular formula is C17H19ClN2O2S. The van der Waals surface area contributed by atoms with Crippen LogP contribution in [0.4, 0.5) is 0 Å². The maximum Gasteiger partial charge on any atom is 0.306 e. The summed E-state index contributed by atoms with van der Waals surface area (Å²) < 4.78 is 0.763. The molecule has 0 aromatic carbocycles.